The van der Waals surface area contributed by atoms with E-state index in [1.807, 2.05) is 110 Å². The molecule has 39 heavy (non-hydrogen) atoms. The molecule has 0 saturated carbocycles. The van der Waals surface area contributed by atoms with Crippen LogP contribution in [0.25, 0.3) is 0 Å². The Balaban J connectivity index is 1.43. The number of aldehydes is 1. The fourth-order valence-electron chi connectivity index (χ4n) is 4.72. The number of amidine groups is 1. The molecular weight excluding hydrogens is 512 g/mol. The summed E-state index contributed by atoms with van der Waals surface area (Å²) in [5.41, 5.74) is 2.72. The van der Waals surface area contributed by atoms with Crippen LogP contribution in [0.4, 0.5) is 0 Å². The van der Waals surface area contributed by atoms with E-state index in [4.69, 9.17) is 23.9 Å². The van der Waals surface area contributed by atoms with Crippen molar-refractivity contribution in [3.63, 3.8) is 0 Å². The van der Waals surface area contributed by atoms with Crippen LogP contribution in [0, 0.1) is 0 Å². The minimum Gasteiger partial charge on any atom is -0.368 e. The number of thioether (sulfide) groups is 1. The zero-order valence-corrected chi connectivity index (χ0v) is 23.0. The summed E-state index contributed by atoms with van der Waals surface area (Å²) < 4.78 is 25.8. The van der Waals surface area contributed by atoms with Crippen molar-refractivity contribution in [2.45, 2.75) is 55.7 Å². The number of rotatable bonds is 11. The lowest BCUT2D eigenvalue weighted by atomic mass is 9.94. The predicted octanol–water partition coefficient (Wildman–Crippen LogP) is 4.70. The van der Waals surface area contributed by atoms with Crippen LogP contribution in [0.15, 0.2) is 96.0 Å². The Morgan fingerprint density at radius 2 is 1.33 bits per heavy atom. The van der Waals surface area contributed by atoms with Gasteiger partial charge in [-0.25, -0.2) is 0 Å². The molecule has 5 rings (SSSR count). The van der Waals surface area contributed by atoms with Crippen molar-refractivity contribution in [3.05, 3.63) is 108 Å². The van der Waals surface area contributed by atoms with Gasteiger partial charge in [0, 0.05) is 14.1 Å². The number of nitrogens with zero attached hydrogens (tertiary/aromatic N) is 2. The molecule has 1 saturated heterocycles. The number of carbonyl (C=O) groups excluding carboxylic acids is 1. The fraction of sp³-hybridized carbons (Fsp3) is 0.355. The summed E-state index contributed by atoms with van der Waals surface area (Å²) in [5, 5.41) is 0.855. The molecule has 1 fully saturated rings. The average molecular weight is 547 g/mol. The zero-order chi connectivity index (χ0) is 27.0. The molecule has 2 aliphatic heterocycles. The summed E-state index contributed by atoms with van der Waals surface area (Å²) in [5.74, 6) is 0. The topological polar surface area (TPSA) is 69.6 Å². The first kappa shape index (κ1) is 27.6. The Hall–Kier alpha value is -3.01. The van der Waals surface area contributed by atoms with E-state index < -0.39 is 24.4 Å². The maximum absolute atomic E-state index is 12.5. The minimum atomic E-state index is -0.848. The van der Waals surface area contributed by atoms with Gasteiger partial charge in [0.15, 0.2) is 11.5 Å². The van der Waals surface area contributed by atoms with E-state index in [2.05, 4.69) is 0 Å². The second-order valence-electron chi connectivity index (χ2n) is 9.80. The summed E-state index contributed by atoms with van der Waals surface area (Å²) in [6.45, 7) is 1.02. The van der Waals surface area contributed by atoms with E-state index >= 15 is 0 Å². The molecule has 3 aromatic carbocycles. The number of ether oxygens (including phenoxy) is 4. The molecule has 2 aliphatic rings. The Kier molecular flexibility index (Phi) is 9.44. The van der Waals surface area contributed by atoms with Crippen LogP contribution in [0.3, 0.4) is 0 Å². The normalized spacial score (nSPS) is 25.0. The van der Waals surface area contributed by atoms with Gasteiger partial charge in [-0.2, -0.15) is 0 Å². The van der Waals surface area contributed by atoms with Crippen molar-refractivity contribution < 1.29 is 23.7 Å². The molecule has 0 aliphatic carbocycles. The molecule has 0 radical (unpaired) electrons. The van der Waals surface area contributed by atoms with Gasteiger partial charge in [-0.15, -0.1) is 0 Å². The van der Waals surface area contributed by atoms with Gasteiger partial charge in [0.05, 0.1) is 19.8 Å². The highest BCUT2D eigenvalue weighted by molar-refractivity contribution is 8.14. The molecule has 0 N–H and O–H groups in total. The predicted molar refractivity (Wildman–Crippen MR) is 152 cm³/mol. The van der Waals surface area contributed by atoms with Crippen molar-refractivity contribution in [1.82, 2.24) is 4.90 Å². The summed E-state index contributed by atoms with van der Waals surface area (Å²) >= 11 is 1.54. The van der Waals surface area contributed by atoms with Gasteiger partial charge in [-0.3, -0.25) is 4.99 Å². The fourth-order valence-corrected chi connectivity index (χ4v) is 5.86. The molecule has 0 bridgehead atoms. The third-order valence-electron chi connectivity index (χ3n) is 6.73. The second kappa shape index (κ2) is 13.4. The Labute approximate surface area is 234 Å². The van der Waals surface area contributed by atoms with Crippen LogP contribution in [-0.2, 0) is 43.6 Å². The van der Waals surface area contributed by atoms with E-state index in [0.717, 1.165) is 28.1 Å². The van der Waals surface area contributed by atoms with Crippen LogP contribution in [0.1, 0.15) is 16.7 Å². The number of benzene rings is 3. The smallest absolute Gasteiger partial charge is 0.161 e. The Morgan fingerprint density at radius 1 is 0.821 bits per heavy atom. The molecule has 0 amide bonds. The Bertz CT molecular complexity index is 1210. The highest BCUT2D eigenvalue weighted by Crippen LogP contribution is 2.41. The van der Waals surface area contributed by atoms with E-state index in [1.54, 1.807) is 0 Å². The maximum Gasteiger partial charge on any atom is 0.161 e. The number of hydrogen-bond donors (Lipinski definition) is 0. The van der Waals surface area contributed by atoms with Crippen LogP contribution < -0.4 is 0 Å². The molecule has 2 heterocycles. The Morgan fingerprint density at radius 3 is 1.85 bits per heavy atom. The first-order valence-electron chi connectivity index (χ1n) is 13.1. The molecule has 3 aromatic rings. The molecule has 0 spiro atoms. The summed E-state index contributed by atoms with van der Waals surface area (Å²) in [7, 11) is 3.92. The molecule has 6 atom stereocenters. The van der Waals surface area contributed by atoms with Crippen molar-refractivity contribution in [2.24, 2.45) is 4.99 Å². The first-order valence-corrected chi connectivity index (χ1v) is 14.0. The molecule has 7 nitrogen and oxygen atoms in total. The van der Waals surface area contributed by atoms with Crippen LogP contribution >= 0.6 is 11.8 Å². The molecule has 6 unspecified atom stereocenters. The molecule has 0 aromatic heterocycles. The maximum atomic E-state index is 12.5. The van der Waals surface area contributed by atoms with Gasteiger partial charge in [-0.05, 0) is 16.7 Å². The van der Waals surface area contributed by atoms with Gasteiger partial charge < -0.3 is 28.6 Å². The lowest BCUT2D eigenvalue weighted by Gasteiger charge is -2.44. The number of hydrogen-bond acceptors (Lipinski definition) is 8. The number of aliphatic imine (C=N–C) groups is 1. The van der Waals surface area contributed by atoms with Crippen molar-refractivity contribution in [1.29, 1.82) is 0 Å². The number of carbonyl (C=O) groups is 1. The summed E-state index contributed by atoms with van der Waals surface area (Å²) in [6.07, 6.45) is -1.76. The highest BCUT2D eigenvalue weighted by Gasteiger charge is 2.53. The average Bonchev–Trinajstić information content (AvgIpc) is 3.41. The van der Waals surface area contributed by atoms with Crippen molar-refractivity contribution in [2.75, 3.05) is 14.1 Å². The monoisotopic (exact) mass is 546 g/mol. The summed E-state index contributed by atoms with van der Waals surface area (Å²) in [4.78, 5) is 19.4. The SMILES string of the molecule is CN(C)C1=NC2C(OC(C(C=O)OCc3ccccc3)C(OCc3ccccc3)C2OCc2ccccc2)S1. The molecule has 8 heteroatoms. The highest BCUT2D eigenvalue weighted by atomic mass is 32.2. The van der Waals surface area contributed by atoms with Gasteiger partial charge in [0.25, 0.3) is 0 Å². The lowest BCUT2D eigenvalue weighted by molar-refractivity contribution is -0.224. The van der Waals surface area contributed by atoms with Crippen LogP contribution in [-0.4, -0.2) is 66.3 Å². The van der Waals surface area contributed by atoms with Crippen LogP contribution in [0.2, 0.25) is 0 Å². The van der Waals surface area contributed by atoms with Crippen molar-refractivity contribution >= 4 is 23.2 Å². The van der Waals surface area contributed by atoms with Gasteiger partial charge in [0.1, 0.15) is 35.9 Å². The van der Waals surface area contributed by atoms with E-state index in [0.29, 0.717) is 13.2 Å². The number of fused-ring (bicyclic) bond motifs is 1. The largest absolute Gasteiger partial charge is 0.368 e. The van der Waals surface area contributed by atoms with E-state index in [-0.39, 0.29) is 18.1 Å². The van der Waals surface area contributed by atoms with Gasteiger partial charge in [0.2, 0.25) is 0 Å². The quantitative estimate of drug-likeness (QED) is 0.323. The van der Waals surface area contributed by atoms with Crippen LogP contribution in [0.5, 0.6) is 0 Å². The lowest BCUT2D eigenvalue weighted by Crippen LogP contribution is -2.60. The standard InChI is InChI=1S/C31H34N2O5S/c1-33(2)31-32-26-28(36-20-23-14-8-4-9-15-23)29(37-21-24-16-10-5-11-17-24)27(38-30(26)39-31)25(18-34)35-19-22-12-6-3-7-13-22/h3-18,25-30H,19-21H2,1-2H3. The molecule has 204 valence electrons. The van der Waals surface area contributed by atoms with E-state index in [9.17, 15) is 4.79 Å². The summed E-state index contributed by atoms with van der Waals surface area (Å²) in [6, 6.07) is 29.5. The van der Waals surface area contributed by atoms with Gasteiger partial charge in [-0.1, -0.05) is 103 Å². The minimum absolute atomic E-state index is 0.283. The molecular formula is C31H34N2O5S. The third-order valence-corrected chi connectivity index (χ3v) is 8.04. The van der Waals surface area contributed by atoms with E-state index in [1.165, 1.54) is 11.8 Å². The first-order chi connectivity index (χ1) is 19.1. The van der Waals surface area contributed by atoms with Crippen molar-refractivity contribution in [3.8, 4) is 0 Å². The zero-order valence-electron chi connectivity index (χ0n) is 22.2. The second-order valence-corrected chi connectivity index (χ2v) is 10.9. The van der Waals surface area contributed by atoms with Gasteiger partial charge >= 0.3 is 0 Å². The third kappa shape index (κ3) is 6.96.